The van der Waals surface area contributed by atoms with Crippen LogP contribution in [-0.4, -0.2) is 16.2 Å². The monoisotopic (exact) mass is 232 g/mol. The normalized spacial score (nSPS) is 16.9. The minimum absolute atomic E-state index is 0.207. The van der Waals surface area contributed by atoms with Gasteiger partial charge in [0.05, 0.1) is 11.7 Å². The molecule has 0 aromatic carbocycles. The number of hydrogen-bond donors (Lipinski definition) is 0. The summed E-state index contributed by atoms with van der Waals surface area (Å²) in [5, 5.41) is 16.6. The van der Waals surface area contributed by atoms with Gasteiger partial charge in [0.15, 0.2) is 5.82 Å². The highest BCUT2D eigenvalue weighted by Crippen LogP contribution is 2.21. The smallest absolute Gasteiger partial charge is 0.184 e. The molecule has 0 N–H and O–H groups in total. The van der Waals surface area contributed by atoms with Crippen LogP contribution in [0.25, 0.3) is 0 Å². The first-order valence-corrected chi connectivity index (χ1v) is 6.52. The molecule has 0 bridgehead atoms. The summed E-state index contributed by atoms with van der Waals surface area (Å²) in [6.07, 6.45) is 7.29. The quantitative estimate of drug-likeness (QED) is 0.731. The van der Waals surface area contributed by atoms with E-state index in [-0.39, 0.29) is 6.04 Å². The van der Waals surface area contributed by atoms with Crippen LogP contribution in [0.2, 0.25) is 0 Å². The van der Waals surface area contributed by atoms with E-state index in [9.17, 15) is 0 Å². The van der Waals surface area contributed by atoms with Gasteiger partial charge < -0.3 is 0 Å². The van der Waals surface area contributed by atoms with Crippen molar-refractivity contribution < 1.29 is 0 Å². The largest absolute Gasteiger partial charge is 0.196 e. The fourth-order valence-electron chi connectivity index (χ4n) is 2.06. The zero-order valence-electron chi connectivity index (χ0n) is 10.7. The summed E-state index contributed by atoms with van der Waals surface area (Å²) in [5.74, 6) is 0.651. The molecule has 1 aromatic heterocycles. The average Bonchev–Trinajstić information content (AvgIpc) is 2.27. The Balaban J connectivity index is 2.19. The van der Waals surface area contributed by atoms with Crippen molar-refractivity contribution in [3.05, 3.63) is 17.3 Å². The third kappa shape index (κ3) is 3.58. The molecule has 1 aliphatic carbocycles. The van der Waals surface area contributed by atoms with E-state index in [4.69, 9.17) is 0 Å². The van der Waals surface area contributed by atoms with Crippen molar-refractivity contribution in [1.82, 2.24) is 10.2 Å². The van der Waals surface area contributed by atoms with Gasteiger partial charge in [-0.2, -0.15) is 10.2 Å². The molecule has 0 aliphatic heterocycles. The van der Waals surface area contributed by atoms with E-state index in [1.54, 1.807) is 0 Å². The highest BCUT2D eigenvalue weighted by molar-refractivity contribution is 5.32. The standard InChI is InChI=1S/C13H20N4/c1-10(2)14-16-13-9-11-7-5-3-4-6-8-12(11)15-17-13/h9-10H,3-8H2,1-2H3. The van der Waals surface area contributed by atoms with Crippen LogP contribution in [0, 0.1) is 0 Å². The molecule has 4 heteroatoms. The lowest BCUT2D eigenvalue weighted by Crippen LogP contribution is -2.03. The Bertz CT molecular complexity index is 398. The molecule has 0 unspecified atom stereocenters. The summed E-state index contributed by atoms with van der Waals surface area (Å²) in [7, 11) is 0. The molecule has 0 spiro atoms. The van der Waals surface area contributed by atoms with Crippen LogP contribution >= 0.6 is 0 Å². The van der Waals surface area contributed by atoms with Crippen molar-refractivity contribution in [2.24, 2.45) is 10.2 Å². The van der Waals surface area contributed by atoms with Gasteiger partial charge in [-0.3, -0.25) is 0 Å². The zero-order chi connectivity index (χ0) is 12.1. The van der Waals surface area contributed by atoms with Crippen molar-refractivity contribution in [2.75, 3.05) is 0 Å². The Labute approximate surface area is 103 Å². The lowest BCUT2D eigenvalue weighted by Gasteiger charge is -2.11. The van der Waals surface area contributed by atoms with E-state index in [1.165, 1.54) is 31.2 Å². The highest BCUT2D eigenvalue weighted by Gasteiger charge is 2.09. The topological polar surface area (TPSA) is 50.5 Å². The lowest BCUT2D eigenvalue weighted by atomic mass is 9.98. The molecule has 1 aromatic rings. The number of rotatable bonds is 2. The summed E-state index contributed by atoms with van der Waals surface area (Å²) in [5.41, 5.74) is 2.48. The first-order chi connectivity index (χ1) is 8.25. The van der Waals surface area contributed by atoms with Gasteiger partial charge in [-0.25, -0.2) is 0 Å². The summed E-state index contributed by atoms with van der Waals surface area (Å²) in [6.45, 7) is 4.01. The highest BCUT2D eigenvalue weighted by atomic mass is 15.2. The number of fused-ring (bicyclic) bond motifs is 1. The number of nitrogens with zero attached hydrogens (tertiary/aromatic N) is 4. The van der Waals surface area contributed by atoms with Crippen molar-refractivity contribution in [3.8, 4) is 0 Å². The van der Waals surface area contributed by atoms with Gasteiger partial charge in [-0.1, -0.05) is 12.8 Å². The second-order valence-electron chi connectivity index (χ2n) is 4.90. The van der Waals surface area contributed by atoms with Gasteiger partial charge >= 0.3 is 0 Å². The van der Waals surface area contributed by atoms with Crippen molar-refractivity contribution in [2.45, 2.75) is 58.4 Å². The van der Waals surface area contributed by atoms with Crippen molar-refractivity contribution >= 4 is 5.82 Å². The van der Waals surface area contributed by atoms with E-state index in [1.807, 2.05) is 13.8 Å². The average molecular weight is 232 g/mol. The Kier molecular flexibility index (Phi) is 4.18. The Morgan fingerprint density at radius 2 is 1.82 bits per heavy atom. The second kappa shape index (κ2) is 5.84. The first kappa shape index (κ1) is 12.1. The second-order valence-corrected chi connectivity index (χ2v) is 4.90. The maximum absolute atomic E-state index is 4.30. The number of aromatic nitrogens is 2. The summed E-state index contributed by atoms with van der Waals surface area (Å²) < 4.78 is 0. The van der Waals surface area contributed by atoms with Crippen LogP contribution < -0.4 is 0 Å². The van der Waals surface area contributed by atoms with Crippen molar-refractivity contribution in [1.29, 1.82) is 0 Å². The van der Waals surface area contributed by atoms with Gasteiger partial charge in [0.1, 0.15) is 0 Å². The molecule has 0 fully saturated rings. The Hall–Kier alpha value is -1.32. The maximum Gasteiger partial charge on any atom is 0.196 e. The summed E-state index contributed by atoms with van der Waals surface area (Å²) >= 11 is 0. The molecule has 0 amide bonds. The van der Waals surface area contributed by atoms with Crippen LogP contribution in [0.15, 0.2) is 16.3 Å². The Morgan fingerprint density at radius 1 is 1.06 bits per heavy atom. The fraction of sp³-hybridized carbons (Fsp3) is 0.692. The van der Waals surface area contributed by atoms with E-state index in [0.717, 1.165) is 18.5 Å². The minimum atomic E-state index is 0.207. The van der Waals surface area contributed by atoms with Crippen molar-refractivity contribution in [3.63, 3.8) is 0 Å². The third-order valence-corrected chi connectivity index (χ3v) is 2.95. The molecule has 0 atom stereocenters. The SMILES string of the molecule is CC(C)N=Nc1cc2c(nn1)CCCCCC2. The molecule has 0 saturated carbocycles. The van der Waals surface area contributed by atoms with Crippen LogP contribution in [0.3, 0.4) is 0 Å². The minimum Gasteiger partial charge on any atom is -0.184 e. The summed E-state index contributed by atoms with van der Waals surface area (Å²) in [6, 6.07) is 2.26. The van der Waals surface area contributed by atoms with E-state index in [0.29, 0.717) is 5.82 Å². The lowest BCUT2D eigenvalue weighted by molar-refractivity contribution is 0.603. The number of aryl methyl sites for hydroxylation is 2. The molecule has 1 aliphatic rings. The summed E-state index contributed by atoms with van der Waals surface area (Å²) in [4.78, 5) is 0. The predicted molar refractivity (Wildman–Crippen MR) is 67.6 cm³/mol. The van der Waals surface area contributed by atoms with Gasteiger partial charge in [-0.15, -0.1) is 10.2 Å². The van der Waals surface area contributed by atoms with Crippen LogP contribution in [0.4, 0.5) is 5.82 Å². The number of hydrogen-bond acceptors (Lipinski definition) is 4. The van der Waals surface area contributed by atoms with E-state index in [2.05, 4.69) is 26.5 Å². The van der Waals surface area contributed by atoms with Crippen LogP contribution in [-0.2, 0) is 12.8 Å². The number of azo groups is 1. The fourth-order valence-corrected chi connectivity index (χ4v) is 2.06. The van der Waals surface area contributed by atoms with Gasteiger partial charge in [0.2, 0.25) is 0 Å². The molecular formula is C13H20N4. The molecular weight excluding hydrogens is 212 g/mol. The molecule has 17 heavy (non-hydrogen) atoms. The predicted octanol–water partition coefficient (Wildman–Crippen LogP) is 3.63. The maximum atomic E-state index is 4.30. The van der Waals surface area contributed by atoms with Gasteiger partial charge in [0.25, 0.3) is 0 Å². The first-order valence-electron chi connectivity index (χ1n) is 6.52. The van der Waals surface area contributed by atoms with E-state index >= 15 is 0 Å². The molecule has 0 saturated heterocycles. The zero-order valence-corrected chi connectivity index (χ0v) is 10.7. The van der Waals surface area contributed by atoms with Gasteiger partial charge in [-0.05, 0) is 51.2 Å². The van der Waals surface area contributed by atoms with Gasteiger partial charge in [0, 0.05) is 0 Å². The molecule has 4 nitrogen and oxygen atoms in total. The Morgan fingerprint density at radius 3 is 2.59 bits per heavy atom. The molecule has 92 valence electrons. The molecule has 2 rings (SSSR count). The molecule has 1 heterocycles. The van der Waals surface area contributed by atoms with Crippen LogP contribution in [0.1, 0.15) is 50.8 Å². The van der Waals surface area contributed by atoms with Crippen LogP contribution in [0.5, 0.6) is 0 Å². The van der Waals surface area contributed by atoms with E-state index < -0.39 is 0 Å². The molecule has 0 radical (unpaired) electrons. The third-order valence-electron chi connectivity index (χ3n) is 2.95.